The van der Waals surface area contributed by atoms with Crippen LogP contribution in [0.5, 0.6) is 5.75 Å². The molecule has 1 aliphatic heterocycles. The number of carboxylic acids is 1. The summed E-state index contributed by atoms with van der Waals surface area (Å²) in [6.07, 6.45) is 1.52. The Morgan fingerprint density at radius 2 is 1.66 bits per heavy atom. The number of methoxy groups -OCH3 is 1. The Balaban J connectivity index is 1.96. The number of carboxylic acid groups (broad SMARTS) is 1. The lowest BCUT2D eigenvalue weighted by atomic mass is 9.95. The van der Waals surface area contributed by atoms with Crippen LogP contribution in [0, 0.1) is 5.82 Å². The first-order valence-corrected chi connectivity index (χ1v) is 10.2. The summed E-state index contributed by atoms with van der Waals surface area (Å²) in [7, 11) is 1.51. The zero-order chi connectivity index (χ0) is 23.3. The van der Waals surface area contributed by atoms with Crippen LogP contribution in [0.3, 0.4) is 0 Å². The van der Waals surface area contributed by atoms with Crippen molar-refractivity contribution in [2.45, 2.75) is 31.7 Å². The van der Waals surface area contributed by atoms with Gasteiger partial charge in [0.05, 0.1) is 18.7 Å². The van der Waals surface area contributed by atoms with Gasteiger partial charge in [0.1, 0.15) is 17.3 Å². The molecule has 3 rings (SSSR count). The molecule has 1 amide bonds. The fraction of sp³-hybridized carbons (Fsp3) is 0.292. The first-order valence-electron chi connectivity index (χ1n) is 10.2. The summed E-state index contributed by atoms with van der Waals surface area (Å²) in [6, 6.07) is 10.9. The van der Waals surface area contributed by atoms with E-state index in [9.17, 15) is 23.9 Å². The second-order valence-corrected chi connectivity index (χ2v) is 7.48. The van der Waals surface area contributed by atoms with Gasteiger partial charge in [-0.15, -0.1) is 0 Å². The van der Waals surface area contributed by atoms with Crippen molar-refractivity contribution in [3.63, 3.8) is 0 Å². The number of likely N-dealkylation sites (tertiary alicyclic amines) is 1. The fourth-order valence-electron chi connectivity index (χ4n) is 3.74. The van der Waals surface area contributed by atoms with Crippen molar-refractivity contribution in [2.24, 2.45) is 0 Å². The van der Waals surface area contributed by atoms with Crippen LogP contribution in [0.2, 0.25) is 0 Å². The van der Waals surface area contributed by atoms with Gasteiger partial charge in [0.15, 0.2) is 0 Å². The molecule has 0 saturated carbocycles. The second kappa shape index (κ2) is 10.1. The molecule has 0 bridgehead atoms. The van der Waals surface area contributed by atoms with Crippen LogP contribution in [0.1, 0.15) is 42.9 Å². The van der Waals surface area contributed by atoms with Gasteiger partial charge in [-0.3, -0.25) is 14.4 Å². The van der Waals surface area contributed by atoms with Gasteiger partial charge in [0.2, 0.25) is 0 Å². The lowest BCUT2D eigenvalue weighted by Crippen LogP contribution is -2.30. The number of Topliss-reactive ketones (excluding diaryl/α,β-unsaturated/α-hetero) is 1. The number of aliphatic hydroxyl groups is 1. The molecule has 1 heterocycles. The van der Waals surface area contributed by atoms with Gasteiger partial charge >= 0.3 is 5.97 Å². The molecule has 0 aliphatic carbocycles. The third-order valence-electron chi connectivity index (χ3n) is 5.38. The van der Waals surface area contributed by atoms with Gasteiger partial charge in [-0.25, -0.2) is 4.39 Å². The molecular formula is C24H24FNO6. The van der Waals surface area contributed by atoms with Crippen LogP contribution in [0.15, 0.2) is 54.1 Å². The zero-order valence-corrected chi connectivity index (χ0v) is 17.6. The predicted molar refractivity (Wildman–Crippen MR) is 115 cm³/mol. The lowest BCUT2D eigenvalue weighted by molar-refractivity contribution is -0.140. The molecular weight excluding hydrogens is 417 g/mol. The molecule has 168 valence electrons. The molecule has 1 aliphatic rings. The molecule has 1 saturated heterocycles. The lowest BCUT2D eigenvalue weighted by Gasteiger charge is -2.25. The number of hydrogen-bond donors (Lipinski definition) is 2. The van der Waals surface area contributed by atoms with E-state index in [4.69, 9.17) is 9.84 Å². The number of aliphatic carboxylic acids is 1. The molecule has 1 fully saturated rings. The third kappa shape index (κ3) is 4.96. The Morgan fingerprint density at radius 3 is 2.25 bits per heavy atom. The number of rotatable bonds is 9. The van der Waals surface area contributed by atoms with E-state index in [0.717, 1.165) is 0 Å². The van der Waals surface area contributed by atoms with E-state index < -0.39 is 29.5 Å². The quantitative estimate of drug-likeness (QED) is 0.265. The zero-order valence-electron chi connectivity index (χ0n) is 17.6. The molecule has 0 aromatic heterocycles. The second-order valence-electron chi connectivity index (χ2n) is 7.48. The van der Waals surface area contributed by atoms with Crippen molar-refractivity contribution in [2.75, 3.05) is 13.7 Å². The van der Waals surface area contributed by atoms with Crippen LogP contribution in [0.25, 0.3) is 5.76 Å². The van der Waals surface area contributed by atoms with Gasteiger partial charge in [0.25, 0.3) is 11.7 Å². The molecule has 2 N–H and O–H groups in total. The number of ether oxygens (including phenoxy) is 1. The van der Waals surface area contributed by atoms with E-state index in [0.29, 0.717) is 36.1 Å². The largest absolute Gasteiger partial charge is 0.507 e. The van der Waals surface area contributed by atoms with Gasteiger partial charge in [-0.2, -0.15) is 0 Å². The van der Waals surface area contributed by atoms with Crippen molar-refractivity contribution in [3.05, 3.63) is 71.0 Å². The van der Waals surface area contributed by atoms with Crippen molar-refractivity contribution in [3.8, 4) is 5.75 Å². The van der Waals surface area contributed by atoms with E-state index in [1.54, 1.807) is 24.3 Å². The van der Waals surface area contributed by atoms with E-state index in [1.165, 1.54) is 36.3 Å². The molecule has 7 nitrogen and oxygen atoms in total. The average Bonchev–Trinajstić information content (AvgIpc) is 3.03. The highest BCUT2D eigenvalue weighted by Crippen LogP contribution is 2.39. The highest BCUT2D eigenvalue weighted by molar-refractivity contribution is 6.46. The number of aliphatic hydroxyl groups excluding tert-OH is 1. The molecule has 0 unspecified atom stereocenters. The molecule has 0 spiro atoms. The highest BCUT2D eigenvalue weighted by atomic mass is 19.1. The van der Waals surface area contributed by atoms with Crippen molar-refractivity contribution in [1.29, 1.82) is 0 Å². The SMILES string of the molecule is COc1ccc(C(O)=C2C(=O)C(=O)N(CCCCCC(=O)O)[C@@H]2c2ccc(F)cc2)cc1. The Morgan fingerprint density at radius 1 is 1.00 bits per heavy atom. The molecule has 2 aromatic carbocycles. The number of benzene rings is 2. The van der Waals surface area contributed by atoms with Crippen LogP contribution in [0.4, 0.5) is 4.39 Å². The van der Waals surface area contributed by atoms with Gasteiger partial charge in [-0.1, -0.05) is 18.6 Å². The summed E-state index contributed by atoms with van der Waals surface area (Å²) in [5.74, 6) is -2.69. The Labute approximate surface area is 184 Å². The summed E-state index contributed by atoms with van der Waals surface area (Å²) in [5, 5.41) is 19.7. The van der Waals surface area contributed by atoms with Gasteiger partial charge in [-0.05, 0) is 54.8 Å². The van der Waals surface area contributed by atoms with Gasteiger partial charge < -0.3 is 19.8 Å². The van der Waals surface area contributed by atoms with E-state index >= 15 is 0 Å². The minimum absolute atomic E-state index is 0.0255. The smallest absolute Gasteiger partial charge is 0.303 e. The van der Waals surface area contributed by atoms with E-state index in [-0.39, 0.29) is 24.3 Å². The summed E-state index contributed by atoms with van der Waals surface area (Å²) in [4.78, 5) is 37.8. The Kier molecular flexibility index (Phi) is 7.25. The molecule has 2 aromatic rings. The minimum Gasteiger partial charge on any atom is -0.507 e. The van der Waals surface area contributed by atoms with Crippen LogP contribution in [-0.4, -0.2) is 46.4 Å². The maximum Gasteiger partial charge on any atom is 0.303 e. The summed E-state index contributed by atoms with van der Waals surface area (Å²) >= 11 is 0. The summed E-state index contributed by atoms with van der Waals surface area (Å²) < 4.78 is 18.6. The number of unbranched alkanes of at least 4 members (excludes halogenated alkanes) is 2. The highest BCUT2D eigenvalue weighted by Gasteiger charge is 2.45. The Hall–Kier alpha value is -3.68. The van der Waals surface area contributed by atoms with Crippen LogP contribution >= 0.6 is 0 Å². The van der Waals surface area contributed by atoms with E-state index in [1.807, 2.05) is 0 Å². The Bertz CT molecular complexity index is 1030. The average molecular weight is 441 g/mol. The first kappa shape index (κ1) is 23.0. The number of ketones is 1. The monoisotopic (exact) mass is 441 g/mol. The number of halogens is 1. The first-order chi connectivity index (χ1) is 15.3. The molecule has 0 radical (unpaired) electrons. The number of carbonyl (C=O) groups is 3. The normalized spacial score (nSPS) is 17.6. The van der Waals surface area contributed by atoms with Crippen molar-refractivity contribution >= 4 is 23.4 Å². The maximum absolute atomic E-state index is 13.5. The standard InChI is InChI=1S/C24H24FNO6/c1-32-18-12-8-16(9-13-18)22(29)20-21(15-6-10-17(25)11-7-15)26(24(31)23(20)30)14-4-2-3-5-19(27)28/h6-13,21,29H,2-5,14H2,1H3,(H,27,28)/t21-/m1/s1. The molecule has 32 heavy (non-hydrogen) atoms. The predicted octanol–water partition coefficient (Wildman–Crippen LogP) is 3.90. The topological polar surface area (TPSA) is 104 Å². The third-order valence-corrected chi connectivity index (χ3v) is 5.38. The minimum atomic E-state index is -0.892. The maximum atomic E-state index is 13.5. The fourth-order valence-corrected chi connectivity index (χ4v) is 3.74. The number of carbonyl (C=O) groups excluding carboxylic acids is 2. The van der Waals surface area contributed by atoms with Crippen molar-refractivity contribution < 1.29 is 33.7 Å². The van der Waals surface area contributed by atoms with Crippen LogP contribution in [-0.2, 0) is 14.4 Å². The number of amides is 1. The summed E-state index contributed by atoms with van der Waals surface area (Å²) in [5.41, 5.74) is 0.765. The van der Waals surface area contributed by atoms with Gasteiger partial charge in [0, 0.05) is 18.5 Å². The molecule has 1 atom stereocenters. The number of nitrogens with zero attached hydrogens (tertiary/aromatic N) is 1. The number of hydrogen-bond acceptors (Lipinski definition) is 5. The van der Waals surface area contributed by atoms with Crippen LogP contribution < -0.4 is 4.74 Å². The molecule has 8 heteroatoms. The van der Waals surface area contributed by atoms with Crippen molar-refractivity contribution in [1.82, 2.24) is 4.90 Å². The van der Waals surface area contributed by atoms with E-state index in [2.05, 4.69) is 0 Å². The summed E-state index contributed by atoms with van der Waals surface area (Å²) in [6.45, 7) is 0.200.